The van der Waals surface area contributed by atoms with Crippen LogP contribution in [0.3, 0.4) is 0 Å². The molecule has 1 aliphatic rings. The lowest BCUT2D eigenvalue weighted by Crippen LogP contribution is -2.45. The van der Waals surface area contributed by atoms with Crippen molar-refractivity contribution in [3.05, 3.63) is 84.2 Å². The van der Waals surface area contributed by atoms with Gasteiger partial charge in [-0.2, -0.15) is 4.31 Å². The summed E-state index contributed by atoms with van der Waals surface area (Å²) in [5.41, 5.74) is 1.36. The van der Waals surface area contributed by atoms with Crippen LogP contribution in [0.2, 0.25) is 0 Å². The third kappa shape index (κ3) is 5.45. The molecule has 1 unspecified atom stereocenters. The number of pyridine rings is 1. The van der Waals surface area contributed by atoms with Crippen molar-refractivity contribution in [2.75, 3.05) is 17.3 Å². The Morgan fingerprint density at radius 3 is 2.34 bits per heavy atom. The van der Waals surface area contributed by atoms with Crippen molar-refractivity contribution in [3.63, 3.8) is 0 Å². The molecule has 1 atom stereocenters. The molecule has 0 aliphatic carbocycles. The van der Waals surface area contributed by atoms with E-state index in [4.69, 9.17) is 0 Å². The van der Waals surface area contributed by atoms with Crippen molar-refractivity contribution in [1.82, 2.24) is 9.29 Å². The molecule has 12 heteroatoms. The number of esters is 1. The number of rotatable bonds is 8. The molecule has 2 heterocycles. The number of carbonyl (C=O) groups excluding carboxylic acids is 4. The van der Waals surface area contributed by atoms with Crippen molar-refractivity contribution in [1.29, 1.82) is 0 Å². The summed E-state index contributed by atoms with van der Waals surface area (Å²) in [5, 5.41) is 2.57. The molecule has 1 aliphatic heterocycles. The number of nitrogens with zero attached hydrogens (tertiary/aromatic N) is 3. The minimum atomic E-state index is -4.28. The topological polar surface area (TPSA) is 143 Å². The third-order valence-corrected chi connectivity index (χ3v) is 7.73. The number of ether oxygens (including phenoxy) is 1. The number of anilines is 2. The van der Waals surface area contributed by atoms with E-state index < -0.39 is 33.8 Å². The summed E-state index contributed by atoms with van der Waals surface area (Å²) in [6.07, 6.45) is 2.64. The fourth-order valence-corrected chi connectivity index (χ4v) is 5.63. The number of amides is 3. The van der Waals surface area contributed by atoms with E-state index in [-0.39, 0.29) is 35.0 Å². The molecule has 3 amide bonds. The fourth-order valence-electron chi connectivity index (χ4n) is 4.06. The van der Waals surface area contributed by atoms with Gasteiger partial charge in [0, 0.05) is 31.5 Å². The van der Waals surface area contributed by atoms with Crippen LogP contribution in [-0.4, -0.2) is 54.5 Å². The van der Waals surface area contributed by atoms with E-state index in [0.29, 0.717) is 11.3 Å². The van der Waals surface area contributed by atoms with Crippen molar-refractivity contribution in [2.45, 2.75) is 30.8 Å². The molecule has 0 bridgehead atoms. The molecular formula is C26H24N4O7S. The smallest absolute Gasteiger partial charge is 0.337 e. The first kappa shape index (κ1) is 26.6. The van der Waals surface area contributed by atoms with E-state index in [9.17, 15) is 27.6 Å². The number of hydrogen-bond acceptors (Lipinski definition) is 8. The Hall–Kier alpha value is -4.42. The largest absolute Gasteiger partial charge is 0.465 e. The summed E-state index contributed by atoms with van der Waals surface area (Å²) in [6.45, 7) is 1.13. The Bertz CT molecular complexity index is 1470. The van der Waals surface area contributed by atoms with Crippen LogP contribution in [0.25, 0.3) is 0 Å². The normalized spacial score (nSPS) is 15.6. The zero-order chi connectivity index (χ0) is 27.4. The predicted molar refractivity (Wildman–Crippen MR) is 136 cm³/mol. The van der Waals surface area contributed by atoms with Crippen molar-refractivity contribution in [2.24, 2.45) is 0 Å². The Kier molecular flexibility index (Phi) is 7.65. The molecular weight excluding hydrogens is 512 g/mol. The Balaban J connectivity index is 1.69. The van der Waals surface area contributed by atoms with Gasteiger partial charge in [0.1, 0.15) is 6.04 Å². The molecule has 3 aromatic rings. The number of hydrogen-bond donors (Lipinski definition) is 1. The van der Waals surface area contributed by atoms with Crippen LogP contribution in [0.15, 0.2) is 78.0 Å². The molecule has 4 rings (SSSR count). The van der Waals surface area contributed by atoms with Crippen LogP contribution < -0.4 is 10.2 Å². The lowest BCUT2D eigenvalue weighted by molar-refractivity contribution is -0.122. The van der Waals surface area contributed by atoms with Gasteiger partial charge in [-0.25, -0.2) is 18.1 Å². The summed E-state index contributed by atoms with van der Waals surface area (Å²) in [6, 6.07) is 13.2. The monoisotopic (exact) mass is 536 g/mol. The molecule has 2 aromatic carbocycles. The Labute approximate surface area is 219 Å². The molecule has 1 saturated heterocycles. The van der Waals surface area contributed by atoms with E-state index in [1.807, 2.05) is 0 Å². The maximum atomic E-state index is 13.8. The van der Waals surface area contributed by atoms with E-state index in [1.54, 1.807) is 12.1 Å². The highest BCUT2D eigenvalue weighted by Gasteiger charge is 2.47. The molecule has 1 aromatic heterocycles. The molecule has 0 saturated carbocycles. The van der Waals surface area contributed by atoms with Crippen LogP contribution in [0.1, 0.15) is 29.3 Å². The molecule has 0 radical (unpaired) electrons. The van der Waals surface area contributed by atoms with Gasteiger partial charge in [0.25, 0.3) is 5.91 Å². The molecule has 196 valence electrons. The van der Waals surface area contributed by atoms with E-state index in [1.165, 1.54) is 75.0 Å². The van der Waals surface area contributed by atoms with E-state index in [0.717, 1.165) is 9.21 Å². The lowest BCUT2D eigenvalue weighted by atomic mass is 10.2. The van der Waals surface area contributed by atoms with Gasteiger partial charge in [-0.15, -0.1) is 0 Å². The maximum absolute atomic E-state index is 13.8. The summed E-state index contributed by atoms with van der Waals surface area (Å²) < 4.78 is 33.2. The minimum Gasteiger partial charge on any atom is -0.465 e. The Morgan fingerprint density at radius 1 is 1.08 bits per heavy atom. The fraction of sp³-hybridized carbons (Fsp3) is 0.192. The van der Waals surface area contributed by atoms with Gasteiger partial charge in [0.05, 0.1) is 29.7 Å². The lowest BCUT2D eigenvalue weighted by Gasteiger charge is -2.27. The van der Waals surface area contributed by atoms with Crippen LogP contribution in [0, 0.1) is 0 Å². The van der Waals surface area contributed by atoms with Crippen molar-refractivity contribution >= 4 is 45.1 Å². The first-order valence-corrected chi connectivity index (χ1v) is 12.9. The maximum Gasteiger partial charge on any atom is 0.337 e. The number of benzene rings is 2. The third-order valence-electron chi connectivity index (χ3n) is 5.86. The van der Waals surface area contributed by atoms with Gasteiger partial charge in [-0.05, 0) is 60.2 Å². The second-order valence-electron chi connectivity index (χ2n) is 8.44. The van der Waals surface area contributed by atoms with Crippen LogP contribution >= 0.6 is 0 Å². The zero-order valence-corrected chi connectivity index (χ0v) is 21.3. The number of aromatic nitrogens is 1. The summed E-state index contributed by atoms with van der Waals surface area (Å²) in [7, 11) is -3.04. The molecule has 11 nitrogen and oxygen atoms in total. The van der Waals surface area contributed by atoms with Gasteiger partial charge in [0.15, 0.2) is 0 Å². The van der Waals surface area contributed by atoms with Gasteiger partial charge in [-0.1, -0.05) is 6.07 Å². The van der Waals surface area contributed by atoms with Gasteiger partial charge >= 0.3 is 5.97 Å². The predicted octanol–water partition coefficient (Wildman–Crippen LogP) is 2.35. The average Bonchev–Trinajstić information content (AvgIpc) is 3.20. The standard InChI is InChI=1S/C26H24N4O7S/c1-17(31)28-20-7-11-22(12-8-20)38(35,36)29(16-18-4-3-13-27-15-18)23-14-24(32)30(25(23)33)21-9-5-19(6-10-21)26(34)37-2/h3-13,15,23H,14,16H2,1-2H3,(H,28,31). The number of sulfonamides is 1. The van der Waals surface area contributed by atoms with E-state index in [2.05, 4.69) is 15.0 Å². The molecule has 1 N–H and O–H groups in total. The quantitative estimate of drug-likeness (QED) is 0.341. The summed E-state index contributed by atoms with van der Waals surface area (Å²) in [5.74, 6) is -2.19. The van der Waals surface area contributed by atoms with Crippen molar-refractivity contribution < 1.29 is 32.3 Å². The molecule has 38 heavy (non-hydrogen) atoms. The second-order valence-corrected chi connectivity index (χ2v) is 10.3. The SMILES string of the molecule is COC(=O)c1ccc(N2C(=O)CC(N(Cc3cccnc3)S(=O)(=O)c3ccc(NC(C)=O)cc3)C2=O)cc1. The number of nitrogens with one attached hydrogen (secondary N) is 1. The highest BCUT2D eigenvalue weighted by Crippen LogP contribution is 2.31. The highest BCUT2D eigenvalue weighted by atomic mass is 32.2. The van der Waals surface area contributed by atoms with Gasteiger partial charge < -0.3 is 10.1 Å². The van der Waals surface area contributed by atoms with Crippen LogP contribution in [0.4, 0.5) is 11.4 Å². The van der Waals surface area contributed by atoms with Gasteiger partial charge in [-0.3, -0.25) is 19.4 Å². The summed E-state index contributed by atoms with van der Waals surface area (Å²) >= 11 is 0. The Morgan fingerprint density at radius 2 is 1.76 bits per heavy atom. The molecule has 0 spiro atoms. The van der Waals surface area contributed by atoms with Crippen molar-refractivity contribution in [3.8, 4) is 0 Å². The van der Waals surface area contributed by atoms with Gasteiger partial charge in [0.2, 0.25) is 21.8 Å². The zero-order valence-electron chi connectivity index (χ0n) is 20.5. The average molecular weight is 537 g/mol. The van der Waals surface area contributed by atoms with Crippen LogP contribution in [0.5, 0.6) is 0 Å². The van der Waals surface area contributed by atoms with Crippen LogP contribution in [-0.2, 0) is 35.7 Å². The minimum absolute atomic E-state index is 0.114. The number of methoxy groups -OCH3 is 1. The number of carbonyl (C=O) groups is 4. The highest BCUT2D eigenvalue weighted by molar-refractivity contribution is 7.89. The first-order chi connectivity index (χ1) is 18.1. The summed E-state index contributed by atoms with van der Waals surface area (Å²) in [4.78, 5) is 54.4. The molecule has 1 fully saturated rings. The first-order valence-electron chi connectivity index (χ1n) is 11.5. The number of imide groups is 1. The second kappa shape index (κ2) is 10.9. The van der Waals surface area contributed by atoms with E-state index >= 15 is 0 Å².